The van der Waals surface area contributed by atoms with E-state index in [2.05, 4.69) is 6.92 Å². The molecular weight excluding hydrogens is 174 g/mol. The molecule has 0 N–H and O–H groups in total. The summed E-state index contributed by atoms with van der Waals surface area (Å²) in [7, 11) is 0. The molecule has 0 bridgehead atoms. The van der Waals surface area contributed by atoms with Crippen molar-refractivity contribution in [1.82, 2.24) is 4.90 Å². The third-order valence-electron chi connectivity index (χ3n) is 1.95. The summed E-state index contributed by atoms with van der Waals surface area (Å²) in [5, 5.41) is 0. The highest BCUT2D eigenvalue weighted by atomic mass is 16.2. The molecule has 0 aliphatic carbocycles. The topological polar surface area (TPSA) is 20.3 Å². The van der Waals surface area contributed by atoms with Crippen LogP contribution in [0.15, 0.2) is 0 Å². The quantitative estimate of drug-likeness (QED) is 0.684. The summed E-state index contributed by atoms with van der Waals surface area (Å²) in [5.74, 6) is 0.355. The van der Waals surface area contributed by atoms with Crippen LogP contribution in [0.3, 0.4) is 0 Å². The van der Waals surface area contributed by atoms with E-state index in [-0.39, 0.29) is 0 Å². The Morgan fingerprint density at radius 3 is 2.14 bits per heavy atom. The van der Waals surface area contributed by atoms with Gasteiger partial charge in [0.15, 0.2) is 0 Å². The largest absolute Gasteiger partial charge is 0.343 e. The minimum atomic E-state index is 0.355. The molecule has 86 valence electrons. The molecule has 0 aromatic carbocycles. The molecule has 1 rings (SSSR count). The molecule has 0 radical (unpaired) electrons. The van der Waals surface area contributed by atoms with Crippen LogP contribution in [0.2, 0.25) is 0 Å². The Kier molecular flexibility index (Phi) is 14.2. The van der Waals surface area contributed by atoms with Crippen molar-refractivity contribution in [3.8, 4) is 0 Å². The summed E-state index contributed by atoms with van der Waals surface area (Å²) in [6, 6.07) is 0. The molecule has 2 nitrogen and oxygen atoms in total. The number of amides is 1. The average molecular weight is 201 g/mol. The summed E-state index contributed by atoms with van der Waals surface area (Å²) in [5.41, 5.74) is 0. The summed E-state index contributed by atoms with van der Waals surface area (Å²) >= 11 is 0. The van der Waals surface area contributed by atoms with Gasteiger partial charge in [-0.15, -0.1) is 0 Å². The van der Waals surface area contributed by atoms with Crippen LogP contribution in [0, 0.1) is 0 Å². The molecule has 1 fully saturated rings. The number of carbonyl (C=O) groups excluding carboxylic acids is 1. The third-order valence-corrected chi connectivity index (χ3v) is 1.95. The minimum absolute atomic E-state index is 0.355. The van der Waals surface area contributed by atoms with Crippen LogP contribution >= 0.6 is 0 Å². The van der Waals surface area contributed by atoms with Gasteiger partial charge in [-0.05, 0) is 12.8 Å². The SMILES string of the molecule is CC.CC.CCCCN1CCCC1=O. The Bertz CT molecular complexity index is 123. The fraction of sp³-hybridized carbons (Fsp3) is 0.917. The fourth-order valence-electron chi connectivity index (χ4n) is 1.29. The fourth-order valence-corrected chi connectivity index (χ4v) is 1.29. The van der Waals surface area contributed by atoms with Crippen LogP contribution in [-0.4, -0.2) is 23.9 Å². The Hall–Kier alpha value is -0.530. The minimum Gasteiger partial charge on any atom is -0.343 e. The molecular formula is C12H27NO. The molecule has 0 saturated carbocycles. The van der Waals surface area contributed by atoms with Crippen molar-refractivity contribution in [3.63, 3.8) is 0 Å². The molecule has 1 aliphatic rings. The average Bonchev–Trinajstić information content (AvgIpc) is 2.67. The third kappa shape index (κ3) is 6.93. The summed E-state index contributed by atoms with van der Waals surface area (Å²) in [4.78, 5) is 13.0. The molecule has 0 spiro atoms. The standard InChI is InChI=1S/C8H15NO.2C2H6/c1-2-3-6-9-7-4-5-8(9)10;2*1-2/h2-7H2,1H3;2*1-2H3. The van der Waals surface area contributed by atoms with Gasteiger partial charge in [-0.2, -0.15) is 0 Å². The zero-order chi connectivity index (χ0) is 11.4. The zero-order valence-corrected chi connectivity index (χ0v) is 10.6. The highest BCUT2D eigenvalue weighted by molar-refractivity contribution is 5.77. The number of nitrogens with zero attached hydrogens (tertiary/aromatic N) is 1. The number of hydrogen-bond acceptors (Lipinski definition) is 1. The zero-order valence-electron chi connectivity index (χ0n) is 10.6. The van der Waals surface area contributed by atoms with E-state index in [1.165, 1.54) is 6.42 Å². The first-order chi connectivity index (χ1) is 6.84. The number of rotatable bonds is 3. The van der Waals surface area contributed by atoms with Gasteiger partial charge in [0.2, 0.25) is 5.91 Å². The molecule has 0 unspecified atom stereocenters. The van der Waals surface area contributed by atoms with Crippen molar-refractivity contribution in [3.05, 3.63) is 0 Å². The Labute approximate surface area is 89.7 Å². The normalized spacial score (nSPS) is 14.1. The predicted octanol–water partition coefficient (Wildman–Crippen LogP) is 3.46. The summed E-state index contributed by atoms with van der Waals surface area (Å²) in [6.07, 6.45) is 4.20. The molecule has 14 heavy (non-hydrogen) atoms. The molecule has 1 aliphatic heterocycles. The second-order valence-electron chi connectivity index (χ2n) is 2.84. The van der Waals surface area contributed by atoms with E-state index < -0.39 is 0 Å². The summed E-state index contributed by atoms with van der Waals surface area (Å²) < 4.78 is 0. The lowest BCUT2D eigenvalue weighted by molar-refractivity contribution is -0.127. The maximum atomic E-state index is 11.0. The molecule has 0 atom stereocenters. The highest BCUT2D eigenvalue weighted by Gasteiger charge is 2.18. The first kappa shape index (κ1) is 15.9. The second-order valence-corrected chi connectivity index (χ2v) is 2.84. The molecule has 0 aromatic rings. The van der Waals surface area contributed by atoms with Gasteiger partial charge in [-0.1, -0.05) is 41.0 Å². The molecule has 0 aromatic heterocycles. The lowest BCUT2D eigenvalue weighted by Crippen LogP contribution is -2.25. The van der Waals surface area contributed by atoms with Crippen molar-refractivity contribution in [1.29, 1.82) is 0 Å². The van der Waals surface area contributed by atoms with Crippen LogP contribution in [0.5, 0.6) is 0 Å². The molecule has 2 heteroatoms. The van der Waals surface area contributed by atoms with Crippen LogP contribution in [-0.2, 0) is 4.79 Å². The lowest BCUT2D eigenvalue weighted by Gasteiger charge is -2.13. The number of likely N-dealkylation sites (tertiary alicyclic amines) is 1. The highest BCUT2D eigenvalue weighted by Crippen LogP contribution is 2.09. The van der Waals surface area contributed by atoms with E-state index in [1.54, 1.807) is 0 Å². The Balaban J connectivity index is 0. The molecule has 1 saturated heterocycles. The van der Waals surface area contributed by atoms with Gasteiger partial charge in [0.25, 0.3) is 0 Å². The maximum Gasteiger partial charge on any atom is 0.222 e. The van der Waals surface area contributed by atoms with Gasteiger partial charge in [0.1, 0.15) is 0 Å². The van der Waals surface area contributed by atoms with E-state index in [4.69, 9.17) is 0 Å². The summed E-state index contributed by atoms with van der Waals surface area (Å²) in [6.45, 7) is 12.1. The second kappa shape index (κ2) is 12.5. The van der Waals surface area contributed by atoms with Crippen molar-refractivity contribution < 1.29 is 4.79 Å². The predicted molar refractivity (Wildman–Crippen MR) is 63.4 cm³/mol. The van der Waals surface area contributed by atoms with E-state index >= 15 is 0 Å². The van der Waals surface area contributed by atoms with Crippen LogP contribution in [0.25, 0.3) is 0 Å². The van der Waals surface area contributed by atoms with Crippen LogP contribution in [0.1, 0.15) is 60.3 Å². The van der Waals surface area contributed by atoms with E-state index in [9.17, 15) is 4.79 Å². The molecule has 1 heterocycles. The van der Waals surface area contributed by atoms with Gasteiger partial charge in [-0.25, -0.2) is 0 Å². The van der Waals surface area contributed by atoms with Gasteiger partial charge in [-0.3, -0.25) is 4.79 Å². The first-order valence-electron chi connectivity index (χ1n) is 6.12. The van der Waals surface area contributed by atoms with Gasteiger partial charge in [0.05, 0.1) is 0 Å². The van der Waals surface area contributed by atoms with E-state index in [0.29, 0.717) is 5.91 Å². The number of hydrogen-bond donors (Lipinski definition) is 0. The maximum absolute atomic E-state index is 11.0. The molecule has 1 amide bonds. The van der Waals surface area contributed by atoms with Crippen molar-refractivity contribution >= 4 is 5.91 Å². The van der Waals surface area contributed by atoms with Crippen LogP contribution in [0.4, 0.5) is 0 Å². The van der Waals surface area contributed by atoms with E-state index in [1.807, 2.05) is 32.6 Å². The van der Waals surface area contributed by atoms with Crippen LogP contribution < -0.4 is 0 Å². The van der Waals surface area contributed by atoms with E-state index in [0.717, 1.165) is 32.4 Å². The van der Waals surface area contributed by atoms with Crippen molar-refractivity contribution in [2.45, 2.75) is 60.3 Å². The Morgan fingerprint density at radius 2 is 1.79 bits per heavy atom. The smallest absolute Gasteiger partial charge is 0.222 e. The van der Waals surface area contributed by atoms with Gasteiger partial charge < -0.3 is 4.90 Å². The van der Waals surface area contributed by atoms with Gasteiger partial charge in [0, 0.05) is 19.5 Å². The lowest BCUT2D eigenvalue weighted by atomic mass is 10.3. The Morgan fingerprint density at radius 1 is 1.21 bits per heavy atom. The number of carbonyl (C=O) groups is 1. The van der Waals surface area contributed by atoms with Crippen molar-refractivity contribution in [2.24, 2.45) is 0 Å². The van der Waals surface area contributed by atoms with Gasteiger partial charge >= 0.3 is 0 Å². The number of unbranched alkanes of at least 4 members (excludes halogenated alkanes) is 1. The monoisotopic (exact) mass is 201 g/mol. The van der Waals surface area contributed by atoms with Crippen molar-refractivity contribution in [2.75, 3.05) is 13.1 Å². The first-order valence-corrected chi connectivity index (χ1v) is 6.12.